The summed E-state index contributed by atoms with van der Waals surface area (Å²) in [6.45, 7) is 5.87. The summed E-state index contributed by atoms with van der Waals surface area (Å²) in [5, 5.41) is 6.25. The van der Waals surface area contributed by atoms with Gasteiger partial charge in [-0.2, -0.15) is 0 Å². The number of nitrogens with one attached hydrogen (secondary N) is 2. The quantitative estimate of drug-likeness (QED) is 0.818. The second kappa shape index (κ2) is 8.91. The fraction of sp³-hybridized carbons (Fsp3) is 0.529. The molecule has 0 radical (unpaired) electrons. The van der Waals surface area contributed by atoms with E-state index in [2.05, 4.69) is 10.6 Å². The summed E-state index contributed by atoms with van der Waals surface area (Å²) in [5.74, 6) is 0.0101. The monoisotopic (exact) mass is 324 g/mol. The van der Waals surface area contributed by atoms with E-state index < -0.39 is 0 Å². The van der Waals surface area contributed by atoms with Crippen molar-refractivity contribution in [3.05, 3.63) is 34.9 Å². The van der Waals surface area contributed by atoms with Crippen molar-refractivity contribution in [3.8, 4) is 0 Å². The topological polar surface area (TPSA) is 58.2 Å². The second-order valence-corrected chi connectivity index (χ2v) is 5.83. The average Bonchev–Trinajstić information content (AvgIpc) is 2.48. The van der Waals surface area contributed by atoms with E-state index >= 15 is 0 Å². The van der Waals surface area contributed by atoms with E-state index in [1.54, 1.807) is 0 Å². The van der Waals surface area contributed by atoms with E-state index in [1.807, 2.05) is 32.0 Å². The minimum atomic E-state index is -0.0270. The number of aryl methyl sites for hydroxylation is 2. The number of ketones is 1. The molecule has 0 unspecified atom stereocenters. The van der Waals surface area contributed by atoms with Gasteiger partial charge in [-0.3, -0.25) is 9.59 Å². The zero-order valence-corrected chi connectivity index (χ0v) is 14.1. The standard InChI is InChI=1S/C17H24N2O2.ClH/c1-12-5-6-14(10-13(12)2)16(20)7-8-17(21)19-15-4-3-9-18-11-15;/h5-6,10,15,18H,3-4,7-9,11H2,1-2H3,(H,19,21);1H/t15-;/m0./s1. The third kappa shape index (κ3) is 5.43. The van der Waals surface area contributed by atoms with Gasteiger partial charge in [0.15, 0.2) is 5.78 Å². The highest BCUT2D eigenvalue weighted by Crippen LogP contribution is 2.12. The molecule has 1 aliphatic rings. The summed E-state index contributed by atoms with van der Waals surface area (Å²) >= 11 is 0. The smallest absolute Gasteiger partial charge is 0.220 e. The Morgan fingerprint density at radius 3 is 2.64 bits per heavy atom. The van der Waals surface area contributed by atoms with Crippen LogP contribution in [-0.4, -0.2) is 30.8 Å². The fourth-order valence-corrected chi connectivity index (χ4v) is 2.56. The van der Waals surface area contributed by atoms with Gasteiger partial charge in [-0.15, -0.1) is 12.4 Å². The van der Waals surface area contributed by atoms with Gasteiger partial charge in [0.1, 0.15) is 0 Å². The number of carbonyl (C=O) groups excluding carboxylic acids is 2. The van der Waals surface area contributed by atoms with Crippen molar-refractivity contribution in [1.29, 1.82) is 0 Å². The van der Waals surface area contributed by atoms with Crippen LogP contribution in [0.3, 0.4) is 0 Å². The molecule has 1 fully saturated rings. The lowest BCUT2D eigenvalue weighted by atomic mass is 10.0. The van der Waals surface area contributed by atoms with Crippen molar-refractivity contribution in [3.63, 3.8) is 0 Å². The van der Waals surface area contributed by atoms with E-state index in [1.165, 1.54) is 5.56 Å². The third-order valence-electron chi connectivity index (χ3n) is 4.07. The summed E-state index contributed by atoms with van der Waals surface area (Å²) in [6, 6.07) is 5.91. The van der Waals surface area contributed by atoms with Crippen LogP contribution in [0.5, 0.6) is 0 Å². The molecule has 122 valence electrons. The first-order valence-corrected chi connectivity index (χ1v) is 7.67. The molecule has 0 bridgehead atoms. The first-order valence-electron chi connectivity index (χ1n) is 7.67. The molecule has 22 heavy (non-hydrogen) atoms. The largest absolute Gasteiger partial charge is 0.352 e. The molecule has 1 atom stereocenters. The van der Waals surface area contributed by atoms with Crippen LogP contribution in [0.2, 0.25) is 0 Å². The molecule has 1 aromatic rings. The predicted molar refractivity (Wildman–Crippen MR) is 90.8 cm³/mol. The Bertz CT molecular complexity index is 525. The molecule has 1 aliphatic heterocycles. The third-order valence-corrected chi connectivity index (χ3v) is 4.07. The first kappa shape index (κ1) is 18.7. The van der Waals surface area contributed by atoms with Crippen LogP contribution in [0.25, 0.3) is 0 Å². The minimum absolute atomic E-state index is 0. The highest BCUT2D eigenvalue weighted by molar-refractivity contribution is 5.98. The van der Waals surface area contributed by atoms with Gasteiger partial charge in [-0.25, -0.2) is 0 Å². The fourth-order valence-electron chi connectivity index (χ4n) is 2.56. The Hall–Kier alpha value is -1.39. The SMILES string of the molecule is Cc1ccc(C(=O)CCC(=O)N[C@H]2CCCNC2)cc1C.Cl. The molecule has 1 saturated heterocycles. The van der Waals surface area contributed by atoms with Crippen LogP contribution < -0.4 is 10.6 Å². The molecule has 2 N–H and O–H groups in total. The Morgan fingerprint density at radius 2 is 2.00 bits per heavy atom. The van der Waals surface area contributed by atoms with Crippen molar-refractivity contribution in [2.24, 2.45) is 0 Å². The van der Waals surface area contributed by atoms with Gasteiger partial charge >= 0.3 is 0 Å². The predicted octanol–water partition coefficient (Wildman–Crippen LogP) is 2.56. The van der Waals surface area contributed by atoms with Gasteiger partial charge in [0, 0.05) is 31.0 Å². The Morgan fingerprint density at radius 1 is 1.23 bits per heavy atom. The van der Waals surface area contributed by atoms with Gasteiger partial charge in [-0.1, -0.05) is 12.1 Å². The van der Waals surface area contributed by atoms with Gasteiger partial charge < -0.3 is 10.6 Å². The molecular formula is C17H25ClN2O2. The van der Waals surface area contributed by atoms with Crippen molar-refractivity contribution >= 4 is 24.1 Å². The van der Waals surface area contributed by atoms with Crippen LogP contribution in [0.1, 0.15) is 47.2 Å². The summed E-state index contributed by atoms with van der Waals surface area (Å²) in [7, 11) is 0. The van der Waals surface area contributed by atoms with E-state index in [0.29, 0.717) is 5.56 Å². The van der Waals surface area contributed by atoms with Crippen LogP contribution in [0.4, 0.5) is 0 Å². The number of hydrogen-bond acceptors (Lipinski definition) is 3. The number of rotatable bonds is 5. The molecule has 0 spiro atoms. The zero-order chi connectivity index (χ0) is 15.2. The highest BCUT2D eigenvalue weighted by atomic mass is 35.5. The van der Waals surface area contributed by atoms with Crippen molar-refractivity contribution in [2.45, 2.75) is 45.6 Å². The van der Waals surface area contributed by atoms with E-state index in [4.69, 9.17) is 0 Å². The number of halogens is 1. The van der Waals surface area contributed by atoms with E-state index in [0.717, 1.165) is 31.5 Å². The normalized spacial score (nSPS) is 17.5. The second-order valence-electron chi connectivity index (χ2n) is 5.83. The van der Waals surface area contributed by atoms with E-state index in [-0.39, 0.29) is 43.0 Å². The summed E-state index contributed by atoms with van der Waals surface area (Å²) in [6.07, 6.45) is 2.65. The van der Waals surface area contributed by atoms with Crippen LogP contribution in [-0.2, 0) is 4.79 Å². The molecule has 0 saturated carbocycles. The van der Waals surface area contributed by atoms with Gasteiger partial charge in [-0.05, 0) is 50.4 Å². The Kier molecular flexibility index (Phi) is 7.56. The first-order chi connectivity index (χ1) is 10.1. The van der Waals surface area contributed by atoms with Crippen LogP contribution in [0, 0.1) is 13.8 Å². The molecule has 5 heteroatoms. The molecule has 1 heterocycles. The summed E-state index contributed by atoms with van der Waals surface area (Å²) in [5.41, 5.74) is 2.98. The molecule has 1 aromatic carbocycles. The lowest BCUT2D eigenvalue weighted by Gasteiger charge is -2.23. The van der Waals surface area contributed by atoms with Gasteiger partial charge in [0.2, 0.25) is 5.91 Å². The minimum Gasteiger partial charge on any atom is -0.352 e. The lowest BCUT2D eigenvalue weighted by Crippen LogP contribution is -2.45. The van der Waals surface area contributed by atoms with Crippen LogP contribution in [0.15, 0.2) is 18.2 Å². The number of amides is 1. The van der Waals surface area contributed by atoms with Crippen LogP contribution >= 0.6 is 12.4 Å². The maximum absolute atomic E-state index is 12.1. The summed E-state index contributed by atoms with van der Waals surface area (Å²) < 4.78 is 0. The molecule has 4 nitrogen and oxygen atoms in total. The van der Waals surface area contributed by atoms with Gasteiger partial charge in [0.05, 0.1) is 0 Å². The van der Waals surface area contributed by atoms with Gasteiger partial charge in [0.25, 0.3) is 0 Å². The molecule has 2 rings (SSSR count). The molecule has 0 aromatic heterocycles. The zero-order valence-electron chi connectivity index (χ0n) is 13.3. The number of piperidine rings is 1. The van der Waals surface area contributed by atoms with Crippen molar-refractivity contribution in [1.82, 2.24) is 10.6 Å². The number of hydrogen-bond donors (Lipinski definition) is 2. The Balaban J connectivity index is 0.00000242. The number of Topliss-reactive ketones (excluding diaryl/α,β-unsaturated/α-hetero) is 1. The van der Waals surface area contributed by atoms with Crippen molar-refractivity contribution in [2.75, 3.05) is 13.1 Å². The number of carbonyl (C=O) groups is 2. The Labute approximate surface area is 138 Å². The number of benzene rings is 1. The van der Waals surface area contributed by atoms with E-state index in [9.17, 15) is 9.59 Å². The summed E-state index contributed by atoms with van der Waals surface area (Å²) in [4.78, 5) is 24.0. The molecule has 0 aliphatic carbocycles. The average molecular weight is 325 g/mol. The lowest BCUT2D eigenvalue weighted by molar-refractivity contribution is -0.121. The molecule has 1 amide bonds. The maximum Gasteiger partial charge on any atom is 0.220 e. The maximum atomic E-state index is 12.1. The molecular weight excluding hydrogens is 300 g/mol. The van der Waals surface area contributed by atoms with Crippen molar-refractivity contribution < 1.29 is 9.59 Å². The highest BCUT2D eigenvalue weighted by Gasteiger charge is 2.16.